The lowest BCUT2D eigenvalue weighted by Crippen LogP contribution is -2.55. The van der Waals surface area contributed by atoms with Crippen LogP contribution in [0.3, 0.4) is 0 Å². The molecule has 10 heteroatoms. The van der Waals surface area contributed by atoms with Crippen molar-refractivity contribution in [2.45, 2.75) is 58.5 Å². The molecule has 2 aliphatic rings. The number of rotatable bonds is 7. The van der Waals surface area contributed by atoms with E-state index in [1.807, 2.05) is 26.0 Å². The molecule has 3 N–H and O–H groups in total. The van der Waals surface area contributed by atoms with E-state index in [4.69, 9.17) is 13.9 Å². The van der Waals surface area contributed by atoms with Gasteiger partial charge in [-0.3, -0.25) is 14.9 Å². The number of carbonyl (C=O) groups is 2. The number of amides is 2. The summed E-state index contributed by atoms with van der Waals surface area (Å²) in [6, 6.07) is 10.9. The third-order valence-corrected chi connectivity index (χ3v) is 6.31. The summed E-state index contributed by atoms with van der Waals surface area (Å²) in [6.45, 7) is 7.92. The van der Waals surface area contributed by atoms with Gasteiger partial charge < -0.3 is 24.5 Å². The van der Waals surface area contributed by atoms with Crippen molar-refractivity contribution in [2.24, 2.45) is 5.92 Å². The van der Waals surface area contributed by atoms with E-state index in [1.165, 1.54) is 0 Å². The van der Waals surface area contributed by atoms with Crippen LogP contribution in [-0.4, -0.2) is 39.8 Å². The van der Waals surface area contributed by atoms with E-state index < -0.39 is 6.29 Å². The first-order valence-electron chi connectivity index (χ1n) is 12.1. The zero-order chi connectivity index (χ0) is 25.4. The quantitative estimate of drug-likeness (QED) is 0.461. The van der Waals surface area contributed by atoms with Gasteiger partial charge in [-0.1, -0.05) is 26.0 Å². The normalized spacial score (nSPS) is 20.5. The summed E-state index contributed by atoms with van der Waals surface area (Å²) in [4.78, 5) is 25.3. The Morgan fingerprint density at radius 2 is 2.14 bits per heavy atom. The van der Waals surface area contributed by atoms with Crippen LogP contribution < -0.4 is 25.4 Å². The lowest BCUT2D eigenvalue weighted by molar-refractivity contribution is -0.126. The van der Waals surface area contributed by atoms with Crippen molar-refractivity contribution in [1.82, 2.24) is 20.4 Å². The SMILES string of the molecule is CC(C)C1CC(=O)NC(n2nc(-c3ccco3)cc2NC(=O)COc2cccc3c2OC(C)(C)C3)N1. The second-order valence-electron chi connectivity index (χ2n) is 10.1. The summed E-state index contributed by atoms with van der Waals surface area (Å²) in [5, 5.41) is 13.8. The summed E-state index contributed by atoms with van der Waals surface area (Å²) in [5.74, 6) is 1.92. The summed E-state index contributed by atoms with van der Waals surface area (Å²) in [5.41, 5.74) is 1.26. The summed E-state index contributed by atoms with van der Waals surface area (Å²) < 4.78 is 18.9. The molecular formula is C26H31N5O5. The highest BCUT2D eigenvalue weighted by molar-refractivity contribution is 5.91. The van der Waals surface area contributed by atoms with Crippen LogP contribution in [0.4, 0.5) is 5.82 Å². The van der Waals surface area contributed by atoms with E-state index in [2.05, 4.69) is 34.9 Å². The Hall–Kier alpha value is -3.79. The zero-order valence-corrected chi connectivity index (χ0v) is 20.8. The van der Waals surface area contributed by atoms with Crippen molar-refractivity contribution < 1.29 is 23.5 Å². The van der Waals surface area contributed by atoms with Gasteiger partial charge in [0.15, 0.2) is 30.2 Å². The predicted octanol–water partition coefficient (Wildman–Crippen LogP) is 3.46. The van der Waals surface area contributed by atoms with Crippen molar-refractivity contribution in [3.05, 3.63) is 48.2 Å². The largest absolute Gasteiger partial charge is 0.483 e. The summed E-state index contributed by atoms with van der Waals surface area (Å²) in [7, 11) is 0. The Kier molecular flexibility index (Phi) is 6.21. The first kappa shape index (κ1) is 23.9. The van der Waals surface area contributed by atoms with Crippen molar-refractivity contribution in [1.29, 1.82) is 0 Å². The maximum absolute atomic E-state index is 12.9. The fourth-order valence-electron chi connectivity index (χ4n) is 4.53. The van der Waals surface area contributed by atoms with E-state index in [9.17, 15) is 9.59 Å². The highest BCUT2D eigenvalue weighted by atomic mass is 16.5. The molecule has 3 aromatic rings. The Morgan fingerprint density at radius 3 is 2.89 bits per heavy atom. The summed E-state index contributed by atoms with van der Waals surface area (Å²) in [6.07, 6.45) is 2.07. The molecule has 5 rings (SSSR count). The maximum atomic E-state index is 12.9. The Labute approximate surface area is 209 Å². The second-order valence-corrected chi connectivity index (χ2v) is 10.1. The monoisotopic (exact) mass is 493 g/mol. The standard InChI is InChI=1S/C26H31N5O5/c1-15(2)17-12-22(32)29-25(27-17)31-21(11-18(30-31)19-9-6-10-34-19)28-23(33)14-35-20-8-5-7-16-13-26(3,4)36-24(16)20/h5-11,15,17,25,27H,12-14H2,1-4H3,(H,28,33)(H,29,32). The highest BCUT2D eigenvalue weighted by Gasteiger charge is 2.33. The van der Waals surface area contributed by atoms with Crippen LogP contribution in [0, 0.1) is 5.92 Å². The average molecular weight is 494 g/mol. The number of para-hydroxylation sites is 1. The fourth-order valence-corrected chi connectivity index (χ4v) is 4.53. The average Bonchev–Trinajstić information content (AvgIpc) is 3.54. The molecule has 0 aliphatic carbocycles. The molecule has 1 saturated heterocycles. The number of benzene rings is 1. The van der Waals surface area contributed by atoms with Gasteiger partial charge in [-0.2, -0.15) is 5.10 Å². The number of aromatic nitrogens is 2. The van der Waals surface area contributed by atoms with Crippen LogP contribution in [-0.2, 0) is 16.0 Å². The van der Waals surface area contributed by atoms with Gasteiger partial charge in [0.1, 0.15) is 17.1 Å². The first-order chi connectivity index (χ1) is 17.2. The summed E-state index contributed by atoms with van der Waals surface area (Å²) >= 11 is 0. The van der Waals surface area contributed by atoms with Crippen molar-refractivity contribution in [2.75, 3.05) is 11.9 Å². The molecule has 2 unspecified atom stereocenters. The van der Waals surface area contributed by atoms with Crippen LogP contribution in [0.15, 0.2) is 47.1 Å². The molecule has 2 aromatic heterocycles. The number of hydrogen-bond donors (Lipinski definition) is 3. The number of nitrogens with one attached hydrogen (secondary N) is 3. The Bertz CT molecular complexity index is 1260. The predicted molar refractivity (Wildman–Crippen MR) is 132 cm³/mol. The lowest BCUT2D eigenvalue weighted by atomic mass is 9.99. The molecule has 2 atom stereocenters. The molecule has 0 saturated carbocycles. The first-order valence-corrected chi connectivity index (χ1v) is 12.1. The number of hydrogen-bond acceptors (Lipinski definition) is 7. The third-order valence-electron chi connectivity index (χ3n) is 6.31. The van der Waals surface area contributed by atoms with Crippen LogP contribution in [0.25, 0.3) is 11.5 Å². The molecule has 0 radical (unpaired) electrons. The van der Waals surface area contributed by atoms with Crippen molar-refractivity contribution in [3.8, 4) is 23.0 Å². The number of ether oxygens (including phenoxy) is 2. The minimum atomic E-state index is -0.633. The lowest BCUT2D eigenvalue weighted by Gasteiger charge is -2.34. The molecule has 0 bridgehead atoms. The Morgan fingerprint density at radius 1 is 1.31 bits per heavy atom. The van der Waals surface area contributed by atoms with Gasteiger partial charge in [-0.25, -0.2) is 4.68 Å². The molecule has 2 amide bonds. The number of carbonyl (C=O) groups excluding carboxylic acids is 2. The van der Waals surface area contributed by atoms with Crippen LogP contribution in [0.1, 0.15) is 46.0 Å². The Balaban J connectivity index is 1.34. The number of furan rings is 1. The molecule has 36 heavy (non-hydrogen) atoms. The number of anilines is 1. The van der Waals surface area contributed by atoms with Crippen LogP contribution in [0.5, 0.6) is 11.5 Å². The van der Waals surface area contributed by atoms with Gasteiger partial charge in [0.05, 0.1) is 6.26 Å². The minimum absolute atomic E-state index is 0.0312. The van der Waals surface area contributed by atoms with E-state index >= 15 is 0 Å². The van der Waals surface area contributed by atoms with Gasteiger partial charge in [-0.15, -0.1) is 0 Å². The maximum Gasteiger partial charge on any atom is 0.263 e. The molecule has 1 fully saturated rings. The van der Waals surface area contributed by atoms with Gasteiger partial charge in [0.25, 0.3) is 5.91 Å². The van der Waals surface area contributed by atoms with Crippen LogP contribution in [0.2, 0.25) is 0 Å². The van der Waals surface area contributed by atoms with E-state index in [0.717, 1.165) is 12.0 Å². The minimum Gasteiger partial charge on any atom is -0.483 e. The van der Waals surface area contributed by atoms with Crippen LogP contribution >= 0.6 is 0 Å². The molecule has 0 spiro atoms. The van der Waals surface area contributed by atoms with Gasteiger partial charge >= 0.3 is 0 Å². The topological polar surface area (TPSA) is 120 Å². The molecule has 1 aromatic carbocycles. The molecule has 10 nitrogen and oxygen atoms in total. The van der Waals surface area contributed by atoms with Crippen molar-refractivity contribution >= 4 is 17.6 Å². The molecule has 190 valence electrons. The second kappa shape index (κ2) is 9.34. The number of fused-ring (bicyclic) bond motifs is 1. The van der Waals surface area contributed by atoms with E-state index in [0.29, 0.717) is 35.2 Å². The van der Waals surface area contributed by atoms with E-state index in [-0.39, 0.29) is 36.0 Å². The smallest absolute Gasteiger partial charge is 0.263 e. The molecule has 4 heterocycles. The number of nitrogens with zero attached hydrogens (tertiary/aromatic N) is 2. The third kappa shape index (κ3) is 4.94. The van der Waals surface area contributed by atoms with Gasteiger partial charge in [-0.05, 0) is 38.0 Å². The van der Waals surface area contributed by atoms with Gasteiger partial charge in [0.2, 0.25) is 5.91 Å². The van der Waals surface area contributed by atoms with Crippen molar-refractivity contribution in [3.63, 3.8) is 0 Å². The zero-order valence-electron chi connectivity index (χ0n) is 20.8. The van der Waals surface area contributed by atoms with E-state index in [1.54, 1.807) is 35.2 Å². The fraction of sp³-hybridized carbons (Fsp3) is 0.423. The van der Waals surface area contributed by atoms with Gasteiger partial charge in [0, 0.05) is 30.5 Å². The highest BCUT2D eigenvalue weighted by Crippen LogP contribution is 2.41. The molecular weight excluding hydrogens is 462 g/mol. The molecule has 2 aliphatic heterocycles.